The van der Waals surface area contributed by atoms with E-state index in [0.29, 0.717) is 5.75 Å². The van der Waals surface area contributed by atoms with E-state index in [1.54, 1.807) is 12.4 Å². The lowest BCUT2D eigenvalue weighted by Gasteiger charge is -2.02. The molecule has 0 saturated carbocycles. The minimum absolute atomic E-state index is 0.232. The zero-order chi connectivity index (χ0) is 26.3. The number of ether oxygens (including phenoxy) is 4. The second kappa shape index (κ2) is 9.87. The van der Waals surface area contributed by atoms with Crippen LogP contribution >= 0.6 is 31.9 Å². The number of fused-ring (bicyclic) bond motifs is 3. The molecule has 0 amide bonds. The van der Waals surface area contributed by atoms with Crippen molar-refractivity contribution in [1.29, 1.82) is 0 Å². The van der Waals surface area contributed by atoms with Crippen LogP contribution in [0.15, 0.2) is 85.7 Å². The van der Waals surface area contributed by atoms with Crippen molar-refractivity contribution in [3.63, 3.8) is 0 Å². The summed E-state index contributed by atoms with van der Waals surface area (Å²) in [6.07, 6.45) is 3.60. The van der Waals surface area contributed by atoms with Crippen molar-refractivity contribution in [3.8, 4) is 34.4 Å². The summed E-state index contributed by atoms with van der Waals surface area (Å²) in [5.74, 6) is 3.66. The fourth-order valence-electron chi connectivity index (χ4n) is 4.27. The van der Waals surface area contributed by atoms with Crippen LogP contribution in [0.2, 0.25) is 0 Å². The maximum atomic E-state index is 5.47. The first-order chi connectivity index (χ1) is 19.1. The summed E-state index contributed by atoms with van der Waals surface area (Å²) in [5.41, 5.74) is 6.17. The van der Waals surface area contributed by atoms with Crippen molar-refractivity contribution >= 4 is 66.7 Å². The van der Waals surface area contributed by atoms with E-state index in [1.165, 1.54) is 0 Å². The molecule has 0 atom stereocenters. The molecule has 0 fully saturated rings. The summed E-state index contributed by atoms with van der Waals surface area (Å²) in [6.45, 7) is 0.468. The van der Waals surface area contributed by atoms with E-state index >= 15 is 0 Å². The van der Waals surface area contributed by atoms with Crippen molar-refractivity contribution in [2.45, 2.75) is 0 Å². The maximum absolute atomic E-state index is 5.47. The molecule has 10 heteroatoms. The first-order valence-electron chi connectivity index (χ1n) is 12.0. The van der Waals surface area contributed by atoms with Crippen LogP contribution < -0.4 is 18.9 Å². The molecule has 1 N–H and O–H groups in total. The lowest BCUT2D eigenvalue weighted by atomic mass is 10.2. The monoisotopic (exact) mass is 644 g/mol. The summed E-state index contributed by atoms with van der Waals surface area (Å²) in [4.78, 5) is 17.4. The van der Waals surface area contributed by atoms with Gasteiger partial charge in [-0.1, -0.05) is 0 Å². The number of nitrogens with one attached hydrogen (secondary N) is 1. The number of rotatable bonds is 5. The fourth-order valence-corrected chi connectivity index (χ4v) is 5.12. The lowest BCUT2D eigenvalue weighted by molar-refractivity contribution is 0.173. The molecule has 2 aliphatic heterocycles. The van der Waals surface area contributed by atoms with Crippen LogP contribution in [0.3, 0.4) is 0 Å². The van der Waals surface area contributed by atoms with Gasteiger partial charge in [-0.15, -0.1) is 0 Å². The number of benzene rings is 4. The summed E-state index contributed by atoms with van der Waals surface area (Å²) in [5, 5.41) is 0. The molecule has 0 bridgehead atoms. The highest BCUT2D eigenvalue weighted by molar-refractivity contribution is 9.10. The quantitative estimate of drug-likeness (QED) is 0.198. The molecule has 192 valence electrons. The Bertz CT molecular complexity index is 1800. The Balaban J connectivity index is 1.09. The number of aliphatic imine (C=N–C) groups is 2. The van der Waals surface area contributed by atoms with Crippen molar-refractivity contribution in [3.05, 3.63) is 86.8 Å². The molecule has 3 heterocycles. The Kier molecular flexibility index (Phi) is 6.05. The fraction of sp³-hybridized carbons (Fsp3) is 0.0690. The van der Waals surface area contributed by atoms with E-state index in [4.69, 9.17) is 23.9 Å². The Hall–Kier alpha value is -4.15. The first kappa shape index (κ1) is 23.9. The number of H-pyrrole nitrogens is 1. The molecule has 0 unspecified atom stereocenters. The second-order valence-electron chi connectivity index (χ2n) is 8.80. The summed E-state index contributed by atoms with van der Waals surface area (Å²) >= 11 is 7.13. The van der Waals surface area contributed by atoms with E-state index in [2.05, 4.69) is 46.8 Å². The highest BCUT2D eigenvalue weighted by atomic mass is 79.9. The van der Waals surface area contributed by atoms with Gasteiger partial charge in [0.2, 0.25) is 13.6 Å². The summed E-state index contributed by atoms with van der Waals surface area (Å²) in [7, 11) is 0. The highest BCUT2D eigenvalue weighted by Gasteiger charge is 2.16. The largest absolute Gasteiger partial charge is 0.454 e. The predicted molar refractivity (Wildman–Crippen MR) is 157 cm³/mol. The van der Waals surface area contributed by atoms with E-state index in [-0.39, 0.29) is 13.6 Å². The van der Waals surface area contributed by atoms with Crippen LogP contribution in [0.1, 0.15) is 11.1 Å². The highest BCUT2D eigenvalue weighted by Crippen LogP contribution is 2.37. The van der Waals surface area contributed by atoms with E-state index in [1.807, 2.05) is 66.7 Å². The summed E-state index contributed by atoms with van der Waals surface area (Å²) in [6, 6.07) is 21.4. The normalized spacial score (nSPS) is 13.8. The predicted octanol–water partition coefficient (Wildman–Crippen LogP) is 7.71. The third kappa shape index (κ3) is 4.77. The van der Waals surface area contributed by atoms with Crippen LogP contribution in [-0.4, -0.2) is 36.0 Å². The molecule has 4 aromatic carbocycles. The Morgan fingerprint density at radius 3 is 1.82 bits per heavy atom. The van der Waals surface area contributed by atoms with E-state index in [9.17, 15) is 0 Å². The van der Waals surface area contributed by atoms with Gasteiger partial charge in [0.05, 0.1) is 22.4 Å². The van der Waals surface area contributed by atoms with Gasteiger partial charge in [-0.3, -0.25) is 9.98 Å². The molecular weight excluding hydrogens is 628 g/mol. The minimum Gasteiger partial charge on any atom is -0.454 e. The lowest BCUT2D eigenvalue weighted by Crippen LogP contribution is -1.92. The van der Waals surface area contributed by atoms with Crippen molar-refractivity contribution < 1.29 is 18.9 Å². The zero-order valence-electron chi connectivity index (χ0n) is 20.2. The average Bonchev–Trinajstić information content (AvgIpc) is 3.69. The second-order valence-corrected chi connectivity index (χ2v) is 10.5. The molecule has 8 nitrogen and oxygen atoms in total. The number of imidazole rings is 1. The molecule has 39 heavy (non-hydrogen) atoms. The van der Waals surface area contributed by atoms with Gasteiger partial charge in [-0.05, 0) is 98.6 Å². The van der Waals surface area contributed by atoms with Gasteiger partial charge < -0.3 is 23.9 Å². The van der Waals surface area contributed by atoms with Gasteiger partial charge in [0.25, 0.3) is 0 Å². The topological polar surface area (TPSA) is 90.3 Å². The molecule has 5 aromatic rings. The molecule has 0 aliphatic carbocycles. The van der Waals surface area contributed by atoms with Gasteiger partial charge in [0.1, 0.15) is 5.82 Å². The third-order valence-electron chi connectivity index (χ3n) is 6.30. The Morgan fingerprint density at radius 2 is 1.21 bits per heavy atom. The molecule has 0 spiro atoms. The molecule has 0 radical (unpaired) electrons. The van der Waals surface area contributed by atoms with Crippen molar-refractivity contribution in [2.24, 2.45) is 9.98 Å². The van der Waals surface area contributed by atoms with Crippen molar-refractivity contribution in [2.75, 3.05) is 13.6 Å². The Labute approximate surface area is 239 Å². The van der Waals surface area contributed by atoms with E-state index in [0.717, 1.165) is 71.1 Å². The molecule has 7 rings (SSSR count). The maximum Gasteiger partial charge on any atom is 0.231 e. The van der Waals surface area contributed by atoms with Crippen LogP contribution in [0, 0.1) is 0 Å². The summed E-state index contributed by atoms with van der Waals surface area (Å²) < 4.78 is 23.5. The number of nitrogens with zero attached hydrogens (tertiary/aromatic N) is 3. The smallest absolute Gasteiger partial charge is 0.231 e. The molecule has 1 aromatic heterocycles. The van der Waals surface area contributed by atoms with Crippen molar-refractivity contribution in [1.82, 2.24) is 9.97 Å². The number of aromatic amines is 1. The minimum atomic E-state index is 0.232. The number of aromatic nitrogens is 2. The van der Waals surface area contributed by atoms with Gasteiger partial charge >= 0.3 is 0 Å². The van der Waals surface area contributed by atoms with Crippen LogP contribution in [0.4, 0.5) is 11.4 Å². The van der Waals surface area contributed by atoms with Crippen LogP contribution in [0.5, 0.6) is 23.0 Å². The average molecular weight is 646 g/mol. The number of hydrogen-bond acceptors (Lipinski definition) is 7. The first-order valence-corrected chi connectivity index (χ1v) is 13.5. The molecular formula is C29H18Br2N4O4. The zero-order valence-corrected chi connectivity index (χ0v) is 23.3. The Morgan fingerprint density at radius 1 is 0.667 bits per heavy atom. The molecule has 0 saturated heterocycles. The van der Waals surface area contributed by atoms with Gasteiger partial charge in [0, 0.05) is 38.1 Å². The number of halogens is 2. The third-order valence-corrected chi connectivity index (χ3v) is 7.67. The van der Waals surface area contributed by atoms with Crippen LogP contribution in [0.25, 0.3) is 22.4 Å². The van der Waals surface area contributed by atoms with Gasteiger partial charge in [-0.25, -0.2) is 4.98 Å². The van der Waals surface area contributed by atoms with E-state index < -0.39 is 0 Å². The number of hydrogen-bond donors (Lipinski definition) is 1. The van der Waals surface area contributed by atoms with Crippen LogP contribution in [-0.2, 0) is 0 Å². The molecule has 2 aliphatic rings. The SMILES string of the molecule is Brc1cc2c(cc1C=Nc1ccc(-c3nc4ccc(N=Cc5cc6c(cc5Br)OCO6)cc4[nH]3)cc1)OCO2. The van der Waals surface area contributed by atoms with Gasteiger partial charge in [0.15, 0.2) is 23.0 Å². The standard InChI is InChI=1S/C29H18Br2N4O4/c30-21-10-27-25(36-14-38-27)7-17(21)12-32-19-3-1-16(2-4-19)29-34-23-6-5-20(9-24(23)35-29)33-13-18-8-26-28(11-22(18)31)39-15-37-26/h1-13H,14-15H2,(H,34,35). The van der Waals surface area contributed by atoms with Gasteiger partial charge in [-0.2, -0.15) is 0 Å².